The van der Waals surface area contributed by atoms with Gasteiger partial charge in [-0.15, -0.1) is 0 Å². The molecule has 0 aliphatic rings. The van der Waals surface area contributed by atoms with E-state index in [2.05, 4.69) is 28.2 Å². The second kappa shape index (κ2) is 8.27. The van der Waals surface area contributed by atoms with Crippen molar-refractivity contribution >= 4 is 21.8 Å². The maximum absolute atomic E-state index is 11.8. The van der Waals surface area contributed by atoms with Crippen molar-refractivity contribution in [2.75, 3.05) is 20.7 Å². The third-order valence-electron chi connectivity index (χ3n) is 2.89. The minimum absolute atomic E-state index is 0.0658. The van der Waals surface area contributed by atoms with E-state index < -0.39 is 0 Å². The maximum atomic E-state index is 11.8. The highest BCUT2D eigenvalue weighted by Crippen LogP contribution is 2.23. The number of halogens is 1. The van der Waals surface area contributed by atoms with Crippen molar-refractivity contribution in [2.45, 2.75) is 32.9 Å². The predicted octanol–water partition coefficient (Wildman–Crippen LogP) is 2.80. The fourth-order valence-corrected chi connectivity index (χ4v) is 2.19. The van der Waals surface area contributed by atoms with E-state index in [1.54, 1.807) is 19.0 Å². The summed E-state index contributed by atoms with van der Waals surface area (Å²) < 4.78 is 6.73. The van der Waals surface area contributed by atoms with Crippen LogP contribution in [0, 0.1) is 0 Å². The molecule has 1 rings (SSSR count). The van der Waals surface area contributed by atoms with Crippen molar-refractivity contribution in [3.63, 3.8) is 0 Å². The van der Waals surface area contributed by atoms with Gasteiger partial charge in [-0.1, -0.05) is 22.9 Å². The van der Waals surface area contributed by atoms with Gasteiger partial charge in [0.15, 0.2) is 0 Å². The summed E-state index contributed by atoms with van der Waals surface area (Å²) in [5.74, 6) is 0.933. The van der Waals surface area contributed by atoms with E-state index in [-0.39, 0.29) is 11.9 Å². The Bertz CT molecular complexity index is 449. The number of amides is 1. The number of nitrogens with zero attached hydrogens (tertiary/aromatic N) is 1. The van der Waals surface area contributed by atoms with Crippen molar-refractivity contribution in [3.8, 4) is 5.75 Å². The summed E-state index contributed by atoms with van der Waals surface area (Å²) in [7, 11) is 3.52. The molecule has 1 aromatic rings. The van der Waals surface area contributed by atoms with Crippen molar-refractivity contribution < 1.29 is 9.53 Å². The summed E-state index contributed by atoms with van der Waals surface area (Å²) in [4.78, 5) is 13.4. The van der Waals surface area contributed by atoms with Gasteiger partial charge in [0.25, 0.3) is 0 Å². The average Bonchev–Trinajstić information content (AvgIpc) is 2.42. The van der Waals surface area contributed by atoms with Crippen LogP contribution in [0.5, 0.6) is 5.75 Å². The van der Waals surface area contributed by atoms with Crippen molar-refractivity contribution in [3.05, 3.63) is 28.2 Å². The Balaban J connectivity index is 2.70. The lowest BCUT2D eigenvalue weighted by molar-refractivity contribution is -0.130. The third-order valence-corrected chi connectivity index (χ3v) is 3.39. The highest BCUT2D eigenvalue weighted by molar-refractivity contribution is 9.10. The van der Waals surface area contributed by atoms with Gasteiger partial charge in [0.2, 0.25) is 5.91 Å². The summed E-state index contributed by atoms with van der Waals surface area (Å²) in [6.45, 7) is 5.24. The molecule has 0 saturated carbocycles. The number of carbonyl (C=O) groups excluding carboxylic acids is 1. The Labute approximate surface area is 129 Å². The third kappa shape index (κ3) is 5.13. The molecule has 4 nitrogen and oxygen atoms in total. The quantitative estimate of drug-likeness (QED) is 0.828. The fraction of sp³-hybridized carbons (Fsp3) is 0.533. The first-order valence-electron chi connectivity index (χ1n) is 6.81. The van der Waals surface area contributed by atoms with Gasteiger partial charge in [-0.25, -0.2) is 0 Å². The SMILES string of the molecule is CCCOc1ccc(Br)cc1CNC(C)C(=O)N(C)C. The molecule has 5 heteroatoms. The molecule has 0 bridgehead atoms. The molecule has 0 aliphatic heterocycles. The van der Waals surface area contributed by atoms with Crippen LogP contribution in [0.15, 0.2) is 22.7 Å². The van der Waals surface area contributed by atoms with Gasteiger partial charge in [-0.3, -0.25) is 4.79 Å². The second-order valence-electron chi connectivity index (χ2n) is 4.94. The Hall–Kier alpha value is -1.07. The molecule has 0 fully saturated rings. The zero-order valence-corrected chi connectivity index (χ0v) is 14.2. The van der Waals surface area contributed by atoms with Crippen molar-refractivity contribution in [1.82, 2.24) is 10.2 Å². The zero-order chi connectivity index (χ0) is 15.1. The van der Waals surface area contributed by atoms with E-state index in [1.807, 2.05) is 25.1 Å². The van der Waals surface area contributed by atoms with Gasteiger partial charge in [0.1, 0.15) is 5.75 Å². The molecular formula is C15H23BrN2O2. The molecule has 112 valence electrons. The Morgan fingerprint density at radius 1 is 1.45 bits per heavy atom. The summed E-state index contributed by atoms with van der Waals surface area (Å²) in [6.07, 6.45) is 0.971. The zero-order valence-electron chi connectivity index (χ0n) is 12.6. The van der Waals surface area contributed by atoms with Gasteiger partial charge >= 0.3 is 0 Å². The molecule has 0 saturated heterocycles. The van der Waals surface area contributed by atoms with Crippen LogP contribution < -0.4 is 10.1 Å². The molecule has 0 aliphatic carbocycles. The lowest BCUT2D eigenvalue weighted by Gasteiger charge is -2.19. The molecule has 1 atom stereocenters. The normalized spacial score (nSPS) is 12.1. The van der Waals surface area contributed by atoms with Gasteiger partial charge in [-0.05, 0) is 31.5 Å². The van der Waals surface area contributed by atoms with Gasteiger partial charge < -0.3 is 15.0 Å². The van der Waals surface area contributed by atoms with Gasteiger partial charge in [-0.2, -0.15) is 0 Å². The Morgan fingerprint density at radius 3 is 2.75 bits per heavy atom. The van der Waals surface area contributed by atoms with Crippen molar-refractivity contribution in [2.24, 2.45) is 0 Å². The number of rotatable bonds is 7. The van der Waals surface area contributed by atoms with E-state index in [1.165, 1.54) is 0 Å². The number of hydrogen-bond donors (Lipinski definition) is 1. The highest BCUT2D eigenvalue weighted by atomic mass is 79.9. The Morgan fingerprint density at radius 2 is 2.15 bits per heavy atom. The number of hydrogen-bond acceptors (Lipinski definition) is 3. The lowest BCUT2D eigenvalue weighted by atomic mass is 10.2. The first-order chi connectivity index (χ1) is 9.45. The van der Waals surface area contributed by atoms with Crippen LogP contribution >= 0.6 is 15.9 Å². The highest BCUT2D eigenvalue weighted by Gasteiger charge is 2.15. The van der Waals surface area contributed by atoms with E-state index in [9.17, 15) is 4.79 Å². The van der Waals surface area contributed by atoms with Crippen LogP contribution in [0.1, 0.15) is 25.8 Å². The largest absolute Gasteiger partial charge is 0.493 e. The average molecular weight is 343 g/mol. The van der Waals surface area contributed by atoms with E-state index in [4.69, 9.17) is 4.74 Å². The standard InChI is InChI=1S/C15H23BrN2O2/c1-5-8-20-14-7-6-13(16)9-12(14)10-17-11(2)15(19)18(3)4/h6-7,9,11,17H,5,8,10H2,1-4H3. The monoisotopic (exact) mass is 342 g/mol. The molecule has 0 radical (unpaired) electrons. The number of nitrogens with one attached hydrogen (secondary N) is 1. The first kappa shape index (κ1) is 17.0. The first-order valence-corrected chi connectivity index (χ1v) is 7.60. The molecule has 1 aromatic carbocycles. The Kier molecular flexibility index (Phi) is 7.02. The van der Waals surface area contributed by atoms with Crippen LogP contribution in [-0.2, 0) is 11.3 Å². The summed E-state index contributed by atoms with van der Waals surface area (Å²) in [5, 5.41) is 3.23. The minimum atomic E-state index is -0.219. The molecule has 0 spiro atoms. The number of likely N-dealkylation sites (N-methyl/N-ethyl adjacent to an activating group) is 1. The van der Waals surface area contributed by atoms with Crippen LogP contribution in [-0.4, -0.2) is 37.6 Å². The van der Waals surface area contributed by atoms with E-state index in [0.717, 1.165) is 22.2 Å². The second-order valence-corrected chi connectivity index (χ2v) is 5.85. The van der Waals surface area contributed by atoms with E-state index in [0.29, 0.717) is 13.2 Å². The summed E-state index contributed by atoms with van der Waals surface area (Å²) >= 11 is 3.47. The van der Waals surface area contributed by atoms with Crippen LogP contribution in [0.2, 0.25) is 0 Å². The minimum Gasteiger partial charge on any atom is -0.493 e. The van der Waals surface area contributed by atoms with Crippen molar-refractivity contribution in [1.29, 1.82) is 0 Å². The topological polar surface area (TPSA) is 41.6 Å². The van der Waals surface area contributed by atoms with Crippen LogP contribution in [0.4, 0.5) is 0 Å². The van der Waals surface area contributed by atoms with E-state index >= 15 is 0 Å². The summed E-state index contributed by atoms with van der Waals surface area (Å²) in [6, 6.07) is 5.71. The lowest BCUT2D eigenvalue weighted by Crippen LogP contribution is -2.41. The molecule has 1 N–H and O–H groups in total. The number of benzene rings is 1. The van der Waals surface area contributed by atoms with Crippen LogP contribution in [0.25, 0.3) is 0 Å². The van der Waals surface area contributed by atoms with Gasteiger partial charge in [0.05, 0.1) is 12.6 Å². The molecule has 1 unspecified atom stereocenters. The predicted molar refractivity (Wildman–Crippen MR) is 84.9 cm³/mol. The van der Waals surface area contributed by atoms with Gasteiger partial charge in [0, 0.05) is 30.7 Å². The molecule has 20 heavy (non-hydrogen) atoms. The summed E-state index contributed by atoms with van der Waals surface area (Å²) in [5.41, 5.74) is 1.05. The molecule has 0 heterocycles. The van der Waals surface area contributed by atoms with Crippen LogP contribution in [0.3, 0.4) is 0 Å². The fourth-order valence-electron chi connectivity index (χ4n) is 1.78. The maximum Gasteiger partial charge on any atom is 0.238 e. The molecule has 1 amide bonds. The number of ether oxygens (including phenoxy) is 1. The smallest absolute Gasteiger partial charge is 0.238 e. The molecular weight excluding hydrogens is 320 g/mol. The number of carbonyl (C=O) groups is 1. The molecule has 0 aromatic heterocycles.